The van der Waals surface area contributed by atoms with Gasteiger partial charge in [-0.15, -0.1) is 12.4 Å². The van der Waals surface area contributed by atoms with Gasteiger partial charge in [-0.2, -0.15) is 0 Å². The average molecular weight is 484 g/mol. The van der Waals surface area contributed by atoms with E-state index < -0.39 is 0 Å². The zero-order valence-corrected chi connectivity index (χ0v) is 20.4. The lowest BCUT2D eigenvalue weighted by Gasteiger charge is -2.22. The minimum atomic E-state index is -0.154. The van der Waals surface area contributed by atoms with E-state index in [4.69, 9.17) is 26.1 Å². The van der Waals surface area contributed by atoms with Crippen molar-refractivity contribution >= 4 is 56.6 Å². The summed E-state index contributed by atoms with van der Waals surface area (Å²) in [6.45, 7) is 5.66. The molecule has 9 heteroatoms. The first-order chi connectivity index (χ1) is 14.4. The number of amides is 1. The van der Waals surface area contributed by atoms with Crippen molar-refractivity contribution in [3.63, 3.8) is 0 Å². The van der Waals surface area contributed by atoms with Gasteiger partial charge in [-0.05, 0) is 63.8 Å². The van der Waals surface area contributed by atoms with Crippen LogP contribution in [-0.2, 0) is 4.79 Å². The molecule has 0 aliphatic heterocycles. The number of hydrogen-bond acceptors (Lipinski definition) is 6. The lowest BCUT2D eigenvalue weighted by molar-refractivity contribution is -0.120. The van der Waals surface area contributed by atoms with Gasteiger partial charge in [0.15, 0.2) is 11.7 Å². The van der Waals surface area contributed by atoms with Crippen molar-refractivity contribution in [2.45, 2.75) is 13.8 Å². The fourth-order valence-electron chi connectivity index (χ4n) is 2.85. The Kier molecular flexibility index (Phi) is 9.37. The van der Waals surface area contributed by atoms with E-state index in [1.807, 2.05) is 57.1 Å². The second kappa shape index (κ2) is 11.5. The molecule has 2 aromatic carbocycles. The summed E-state index contributed by atoms with van der Waals surface area (Å²) in [6, 6.07) is 11.0. The molecule has 31 heavy (non-hydrogen) atoms. The summed E-state index contributed by atoms with van der Waals surface area (Å²) in [6.07, 6.45) is 0. The Hall–Kier alpha value is -2.06. The van der Waals surface area contributed by atoms with Crippen molar-refractivity contribution in [2.75, 3.05) is 45.3 Å². The van der Waals surface area contributed by atoms with E-state index in [1.165, 1.54) is 11.3 Å². The van der Waals surface area contributed by atoms with Crippen LogP contribution in [0.3, 0.4) is 0 Å². The number of hydrogen-bond donors (Lipinski definition) is 0. The van der Waals surface area contributed by atoms with E-state index in [9.17, 15) is 4.79 Å². The number of ether oxygens (including phenoxy) is 2. The van der Waals surface area contributed by atoms with Crippen molar-refractivity contribution in [3.8, 4) is 11.5 Å². The largest absolute Gasteiger partial charge is 0.494 e. The van der Waals surface area contributed by atoms with Crippen LogP contribution in [0.2, 0.25) is 5.02 Å². The first kappa shape index (κ1) is 25.2. The molecule has 0 fully saturated rings. The number of anilines is 1. The number of aromatic nitrogens is 1. The summed E-state index contributed by atoms with van der Waals surface area (Å²) in [7, 11) is 3.94. The van der Waals surface area contributed by atoms with Crippen LogP contribution in [0.4, 0.5) is 5.13 Å². The van der Waals surface area contributed by atoms with E-state index in [-0.39, 0.29) is 24.9 Å². The molecule has 1 amide bonds. The standard InChI is InChI=1S/C22H26ClN3O3S.ClH/c1-5-28-16-7-9-17(10-8-16)29-14-19(27)26(13-12-25(3)4)22-24-20-15(2)6-11-18(23)21(20)30-22;/h6-11H,5,12-14H2,1-4H3;1H. The van der Waals surface area contributed by atoms with Gasteiger partial charge in [0.2, 0.25) is 0 Å². The van der Waals surface area contributed by atoms with Gasteiger partial charge in [0.25, 0.3) is 5.91 Å². The third kappa shape index (κ3) is 6.46. The molecule has 6 nitrogen and oxygen atoms in total. The van der Waals surface area contributed by atoms with Gasteiger partial charge >= 0.3 is 0 Å². The van der Waals surface area contributed by atoms with Crippen molar-refractivity contribution in [1.29, 1.82) is 0 Å². The van der Waals surface area contributed by atoms with Gasteiger partial charge in [-0.1, -0.05) is 29.0 Å². The molecule has 0 spiro atoms. The Bertz CT molecular complexity index is 970. The van der Waals surface area contributed by atoms with Crippen LogP contribution < -0.4 is 14.4 Å². The Morgan fingerprint density at radius 3 is 2.29 bits per heavy atom. The number of nitrogens with zero attached hydrogens (tertiary/aromatic N) is 3. The summed E-state index contributed by atoms with van der Waals surface area (Å²) >= 11 is 7.78. The predicted molar refractivity (Wildman–Crippen MR) is 131 cm³/mol. The maximum Gasteiger partial charge on any atom is 0.266 e. The molecule has 0 N–H and O–H groups in total. The molecule has 0 saturated carbocycles. The molecule has 0 bridgehead atoms. The Balaban J connectivity index is 0.00000341. The Labute approximate surface area is 198 Å². The van der Waals surface area contributed by atoms with Gasteiger partial charge in [-0.3, -0.25) is 9.69 Å². The fourth-order valence-corrected chi connectivity index (χ4v) is 4.21. The van der Waals surface area contributed by atoms with Gasteiger partial charge < -0.3 is 14.4 Å². The van der Waals surface area contributed by atoms with Gasteiger partial charge in [0, 0.05) is 13.1 Å². The molecule has 0 unspecified atom stereocenters. The van der Waals surface area contributed by atoms with E-state index in [0.29, 0.717) is 35.6 Å². The lowest BCUT2D eigenvalue weighted by atomic mass is 10.2. The number of thiazole rings is 1. The molecule has 3 rings (SSSR count). The van der Waals surface area contributed by atoms with E-state index >= 15 is 0 Å². The molecule has 1 heterocycles. The molecule has 0 atom stereocenters. The van der Waals surface area contributed by atoms with Crippen LogP contribution in [0.25, 0.3) is 10.2 Å². The van der Waals surface area contributed by atoms with Crippen LogP contribution in [0.1, 0.15) is 12.5 Å². The molecule has 0 aliphatic rings. The topological polar surface area (TPSA) is 54.9 Å². The number of likely N-dealkylation sites (N-methyl/N-ethyl adjacent to an activating group) is 1. The fraction of sp³-hybridized carbons (Fsp3) is 0.364. The average Bonchev–Trinajstić information content (AvgIpc) is 3.17. The van der Waals surface area contributed by atoms with Crippen molar-refractivity contribution in [1.82, 2.24) is 9.88 Å². The smallest absolute Gasteiger partial charge is 0.266 e. The normalized spacial score (nSPS) is 10.8. The molecule has 1 aromatic heterocycles. The summed E-state index contributed by atoms with van der Waals surface area (Å²) in [5.74, 6) is 1.23. The molecular formula is C22H27Cl2N3O3S. The predicted octanol–water partition coefficient (Wildman–Crippen LogP) is 5.05. The number of aryl methyl sites for hydroxylation is 1. The van der Waals surface area contributed by atoms with Crippen LogP contribution in [0.15, 0.2) is 36.4 Å². The first-order valence-corrected chi connectivity index (χ1v) is 10.9. The third-order valence-electron chi connectivity index (χ3n) is 4.49. The summed E-state index contributed by atoms with van der Waals surface area (Å²) < 4.78 is 12.0. The number of rotatable bonds is 9. The summed E-state index contributed by atoms with van der Waals surface area (Å²) in [4.78, 5) is 21.4. The highest BCUT2D eigenvalue weighted by molar-refractivity contribution is 7.23. The first-order valence-electron chi connectivity index (χ1n) is 9.75. The number of carbonyl (C=O) groups excluding carboxylic acids is 1. The maximum absolute atomic E-state index is 13.0. The van der Waals surface area contributed by atoms with E-state index in [0.717, 1.165) is 21.5 Å². The van der Waals surface area contributed by atoms with Crippen LogP contribution in [0, 0.1) is 6.92 Å². The molecule has 168 valence electrons. The van der Waals surface area contributed by atoms with Crippen molar-refractivity contribution in [2.24, 2.45) is 0 Å². The van der Waals surface area contributed by atoms with Crippen LogP contribution >= 0.6 is 35.3 Å². The molecular weight excluding hydrogens is 457 g/mol. The highest BCUT2D eigenvalue weighted by Gasteiger charge is 2.22. The Morgan fingerprint density at radius 1 is 1.06 bits per heavy atom. The number of fused-ring (bicyclic) bond motifs is 1. The SMILES string of the molecule is CCOc1ccc(OCC(=O)N(CCN(C)C)c2nc3c(C)ccc(Cl)c3s2)cc1.Cl. The quantitative estimate of drug-likeness (QED) is 0.426. The highest BCUT2D eigenvalue weighted by Crippen LogP contribution is 2.35. The van der Waals surface area contributed by atoms with Gasteiger partial charge in [0.05, 0.1) is 21.8 Å². The molecule has 0 aliphatic carbocycles. The minimum absolute atomic E-state index is 0. The van der Waals surface area contributed by atoms with Crippen LogP contribution in [0.5, 0.6) is 11.5 Å². The van der Waals surface area contributed by atoms with E-state index in [2.05, 4.69) is 0 Å². The maximum atomic E-state index is 13.0. The third-order valence-corrected chi connectivity index (χ3v) is 6.02. The zero-order valence-electron chi connectivity index (χ0n) is 18.1. The molecule has 3 aromatic rings. The van der Waals surface area contributed by atoms with Crippen molar-refractivity contribution in [3.05, 3.63) is 47.0 Å². The van der Waals surface area contributed by atoms with Gasteiger partial charge in [-0.25, -0.2) is 4.98 Å². The van der Waals surface area contributed by atoms with Crippen molar-refractivity contribution < 1.29 is 14.3 Å². The second-order valence-electron chi connectivity index (χ2n) is 7.08. The number of benzene rings is 2. The minimum Gasteiger partial charge on any atom is -0.494 e. The van der Waals surface area contributed by atoms with Crippen LogP contribution in [-0.4, -0.2) is 56.2 Å². The van der Waals surface area contributed by atoms with Gasteiger partial charge in [0.1, 0.15) is 11.5 Å². The number of halogens is 2. The molecule has 0 saturated heterocycles. The second-order valence-corrected chi connectivity index (χ2v) is 8.46. The number of carbonyl (C=O) groups is 1. The summed E-state index contributed by atoms with van der Waals surface area (Å²) in [5, 5.41) is 1.27. The lowest BCUT2D eigenvalue weighted by Crippen LogP contribution is -2.39. The monoisotopic (exact) mass is 483 g/mol. The Morgan fingerprint density at radius 2 is 1.71 bits per heavy atom. The summed E-state index contributed by atoms with van der Waals surface area (Å²) in [5.41, 5.74) is 1.86. The van der Waals surface area contributed by atoms with E-state index in [1.54, 1.807) is 17.0 Å². The highest BCUT2D eigenvalue weighted by atomic mass is 35.5. The zero-order chi connectivity index (χ0) is 21.7. The molecule has 0 radical (unpaired) electrons.